The summed E-state index contributed by atoms with van der Waals surface area (Å²) in [5.74, 6) is -0.321. The van der Waals surface area contributed by atoms with Crippen LogP contribution in [0.25, 0.3) is 0 Å². The van der Waals surface area contributed by atoms with Crippen LogP contribution in [0, 0.1) is 6.92 Å². The number of amides is 2. The maximum absolute atomic E-state index is 12.6. The Morgan fingerprint density at radius 3 is 2.68 bits per heavy atom. The molecule has 1 aliphatic heterocycles. The fourth-order valence-corrected chi connectivity index (χ4v) is 3.32. The van der Waals surface area contributed by atoms with Crippen molar-refractivity contribution in [3.8, 4) is 0 Å². The molecule has 0 saturated heterocycles. The predicted molar refractivity (Wildman–Crippen MR) is 104 cm³/mol. The highest BCUT2D eigenvalue weighted by atomic mass is 16.2. The van der Waals surface area contributed by atoms with Gasteiger partial charge < -0.3 is 10.6 Å². The monoisotopic (exact) mass is 375 g/mol. The predicted octanol–water partition coefficient (Wildman–Crippen LogP) is 1.87. The number of aryl methyl sites for hydroxylation is 1. The largest absolute Gasteiger partial charge is 0.348 e. The lowest BCUT2D eigenvalue weighted by molar-refractivity contribution is 0.0934. The zero-order valence-electron chi connectivity index (χ0n) is 15.6. The zero-order chi connectivity index (χ0) is 19.5. The summed E-state index contributed by atoms with van der Waals surface area (Å²) in [4.78, 5) is 29.1. The van der Waals surface area contributed by atoms with Crippen molar-refractivity contribution in [3.63, 3.8) is 0 Å². The van der Waals surface area contributed by atoms with Gasteiger partial charge in [-0.15, -0.1) is 0 Å². The van der Waals surface area contributed by atoms with Crippen LogP contribution in [0.1, 0.15) is 37.7 Å². The Labute approximate surface area is 162 Å². The first kappa shape index (κ1) is 17.9. The number of carbonyl (C=O) groups is 2. The van der Waals surface area contributed by atoms with Gasteiger partial charge in [-0.3, -0.25) is 19.3 Å². The van der Waals surface area contributed by atoms with Crippen LogP contribution in [0.5, 0.6) is 0 Å². The molecule has 7 nitrogen and oxygen atoms in total. The first-order valence-electron chi connectivity index (χ1n) is 9.20. The molecule has 1 atom stereocenters. The van der Waals surface area contributed by atoms with Gasteiger partial charge in [-0.2, -0.15) is 5.10 Å². The molecule has 28 heavy (non-hydrogen) atoms. The van der Waals surface area contributed by atoms with Crippen LogP contribution >= 0.6 is 0 Å². The lowest BCUT2D eigenvalue weighted by atomic mass is 10.1. The number of hydrogen-bond donors (Lipinski definition) is 2. The van der Waals surface area contributed by atoms with Crippen molar-refractivity contribution < 1.29 is 9.59 Å². The Balaban J connectivity index is 1.38. The van der Waals surface area contributed by atoms with E-state index in [0.717, 1.165) is 17.0 Å². The van der Waals surface area contributed by atoms with E-state index in [1.165, 1.54) is 0 Å². The number of nitrogens with one attached hydrogen (secondary N) is 2. The van der Waals surface area contributed by atoms with Crippen LogP contribution in [0.4, 0.5) is 0 Å². The minimum atomic E-state index is -0.168. The van der Waals surface area contributed by atoms with Gasteiger partial charge >= 0.3 is 0 Å². The first-order valence-corrected chi connectivity index (χ1v) is 9.20. The van der Waals surface area contributed by atoms with Crippen molar-refractivity contribution in [2.75, 3.05) is 0 Å². The number of carbonyl (C=O) groups excluding carboxylic acids is 2. The normalized spacial score (nSPS) is 15.1. The van der Waals surface area contributed by atoms with Crippen LogP contribution in [-0.4, -0.2) is 32.6 Å². The molecule has 0 spiro atoms. The van der Waals surface area contributed by atoms with Gasteiger partial charge in [-0.25, -0.2) is 0 Å². The van der Waals surface area contributed by atoms with E-state index in [1.807, 2.05) is 43.3 Å². The number of pyridine rings is 1. The summed E-state index contributed by atoms with van der Waals surface area (Å²) in [6.07, 6.45) is 3.73. The highest BCUT2D eigenvalue weighted by Crippen LogP contribution is 2.19. The number of rotatable bonds is 5. The number of nitrogens with zero attached hydrogens (tertiary/aromatic N) is 3. The van der Waals surface area contributed by atoms with E-state index < -0.39 is 0 Å². The van der Waals surface area contributed by atoms with E-state index in [-0.39, 0.29) is 17.9 Å². The SMILES string of the molecule is Cc1ccc(C(=O)N[C@H]2Cc3c(C(=O)NCc4ccccc4)cnn3C2)cn1. The highest BCUT2D eigenvalue weighted by Gasteiger charge is 2.29. The Morgan fingerprint density at radius 1 is 1.11 bits per heavy atom. The van der Waals surface area contributed by atoms with Gasteiger partial charge in [0.2, 0.25) is 0 Å². The topological polar surface area (TPSA) is 88.9 Å². The summed E-state index contributed by atoms with van der Waals surface area (Å²) < 4.78 is 1.79. The molecule has 1 aromatic carbocycles. The van der Waals surface area contributed by atoms with Crippen molar-refractivity contribution >= 4 is 11.8 Å². The van der Waals surface area contributed by atoms with E-state index in [1.54, 1.807) is 23.1 Å². The Hall–Kier alpha value is -3.48. The standard InChI is InChI=1S/C21H21N5O2/c1-14-7-8-16(11-22-14)20(27)25-17-9-19-18(12-24-26(19)13-17)21(28)23-10-15-5-3-2-4-6-15/h2-8,11-12,17H,9-10,13H2,1H3,(H,23,28)(H,25,27)/t17-/m0/s1. The van der Waals surface area contributed by atoms with Gasteiger partial charge in [0.25, 0.3) is 11.8 Å². The second-order valence-corrected chi connectivity index (χ2v) is 6.92. The van der Waals surface area contributed by atoms with Crippen LogP contribution in [0.15, 0.2) is 54.9 Å². The molecule has 3 aromatic rings. The first-order chi connectivity index (χ1) is 13.6. The molecular formula is C21H21N5O2. The molecule has 0 saturated carbocycles. The van der Waals surface area contributed by atoms with Gasteiger partial charge in [0.15, 0.2) is 0 Å². The van der Waals surface area contributed by atoms with Crippen LogP contribution in [0.2, 0.25) is 0 Å². The van der Waals surface area contributed by atoms with Crippen molar-refractivity contribution in [1.82, 2.24) is 25.4 Å². The summed E-state index contributed by atoms with van der Waals surface area (Å²) in [7, 11) is 0. The summed E-state index contributed by atoms with van der Waals surface area (Å²) in [6.45, 7) is 2.89. The molecule has 0 aliphatic carbocycles. The van der Waals surface area contributed by atoms with Gasteiger partial charge in [-0.1, -0.05) is 30.3 Å². The van der Waals surface area contributed by atoms with E-state index >= 15 is 0 Å². The average Bonchev–Trinajstić information content (AvgIpc) is 3.27. The minimum absolute atomic E-state index is 0.0989. The number of aromatic nitrogens is 3. The van der Waals surface area contributed by atoms with Crippen LogP contribution in [-0.2, 0) is 19.5 Å². The second-order valence-electron chi connectivity index (χ2n) is 6.92. The van der Waals surface area contributed by atoms with Crippen molar-refractivity contribution in [3.05, 3.63) is 82.9 Å². The van der Waals surface area contributed by atoms with E-state index in [0.29, 0.717) is 30.6 Å². The van der Waals surface area contributed by atoms with Crippen molar-refractivity contribution in [1.29, 1.82) is 0 Å². The lowest BCUT2D eigenvalue weighted by Crippen LogP contribution is -2.36. The molecule has 2 aromatic heterocycles. The average molecular weight is 375 g/mol. The van der Waals surface area contributed by atoms with Gasteiger partial charge in [0.05, 0.1) is 35.6 Å². The fraction of sp³-hybridized carbons (Fsp3) is 0.238. The molecule has 0 bridgehead atoms. The smallest absolute Gasteiger partial charge is 0.255 e. The molecule has 0 radical (unpaired) electrons. The quantitative estimate of drug-likeness (QED) is 0.713. The molecular weight excluding hydrogens is 354 g/mol. The van der Waals surface area contributed by atoms with E-state index in [2.05, 4.69) is 20.7 Å². The summed E-state index contributed by atoms with van der Waals surface area (Å²) in [5.41, 5.74) is 3.83. The minimum Gasteiger partial charge on any atom is -0.348 e. The fourth-order valence-electron chi connectivity index (χ4n) is 3.32. The molecule has 2 N–H and O–H groups in total. The Morgan fingerprint density at radius 2 is 1.93 bits per heavy atom. The van der Waals surface area contributed by atoms with Crippen molar-refractivity contribution in [2.45, 2.75) is 32.5 Å². The molecule has 1 aliphatic rings. The van der Waals surface area contributed by atoms with Crippen LogP contribution < -0.4 is 10.6 Å². The zero-order valence-corrected chi connectivity index (χ0v) is 15.6. The van der Waals surface area contributed by atoms with Crippen molar-refractivity contribution in [2.24, 2.45) is 0 Å². The third-order valence-corrected chi connectivity index (χ3v) is 4.83. The van der Waals surface area contributed by atoms with E-state index in [4.69, 9.17) is 0 Å². The number of fused-ring (bicyclic) bond motifs is 1. The lowest BCUT2D eigenvalue weighted by Gasteiger charge is -2.11. The van der Waals surface area contributed by atoms with Gasteiger partial charge in [-0.05, 0) is 24.6 Å². The third-order valence-electron chi connectivity index (χ3n) is 4.83. The third kappa shape index (κ3) is 3.78. The summed E-state index contributed by atoms with van der Waals surface area (Å²) >= 11 is 0. The number of hydrogen-bond acceptors (Lipinski definition) is 4. The molecule has 4 rings (SSSR count). The summed E-state index contributed by atoms with van der Waals surface area (Å²) in [6, 6.07) is 13.2. The molecule has 3 heterocycles. The summed E-state index contributed by atoms with van der Waals surface area (Å²) in [5, 5.41) is 10.2. The van der Waals surface area contributed by atoms with Gasteiger partial charge in [0, 0.05) is 24.9 Å². The highest BCUT2D eigenvalue weighted by molar-refractivity contribution is 5.95. The number of benzene rings is 1. The Bertz CT molecular complexity index is 995. The molecule has 142 valence electrons. The van der Waals surface area contributed by atoms with Crippen LogP contribution in [0.3, 0.4) is 0 Å². The molecule has 2 amide bonds. The maximum Gasteiger partial charge on any atom is 0.255 e. The molecule has 0 fully saturated rings. The van der Waals surface area contributed by atoms with Gasteiger partial charge in [0.1, 0.15) is 0 Å². The maximum atomic E-state index is 12.6. The molecule has 0 unspecified atom stereocenters. The molecule has 7 heteroatoms. The van der Waals surface area contributed by atoms with E-state index in [9.17, 15) is 9.59 Å². The second kappa shape index (κ2) is 7.64. The Kier molecular flexibility index (Phi) is 4.89.